The van der Waals surface area contributed by atoms with Gasteiger partial charge in [-0.2, -0.15) is 0 Å². The van der Waals surface area contributed by atoms with Gasteiger partial charge in [0, 0.05) is 30.7 Å². The molecule has 5 heteroatoms. The molecule has 2 aromatic carbocycles. The van der Waals surface area contributed by atoms with Gasteiger partial charge in [0.2, 0.25) is 0 Å². The number of benzene rings is 2. The number of piperidine rings is 1. The minimum Gasteiger partial charge on any atom is -0.508 e. The average Bonchev–Trinajstić information content (AvgIpc) is 3.60. The number of rotatable bonds is 4. The molecule has 0 radical (unpaired) electrons. The number of fused-ring (bicyclic) bond motifs is 4. The highest BCUT2D eigenvalue weighted by Gasteiger charge is 2.53. The molecule has 2 aliphatic carbocycles. The number of hydrogen-bond donors (Lipinski definition) is 2. The van der Waals surface area contributed by atoms with Crippen molar-refractivity contribution in [3.05, 3.63) is 59.2 Å². The van der Waals surface area contributed by atoms with E-state index in [-0.39, 0.29) is 28.9 Å². The summed E-state index contributed by atoms with van der Waals surface area (Å²) in [7, 11) is 1.95. The van der Waals surface area contributed by atoms with Crippen molar-refractivity contribution in [2.75, 3.05) is 25.5 Å². The van der Waals surface area contributed by atoms with Crippen LogP contribution in [0.5, 0.6) is 5.75 Å². The van der Waals surface area contributed by atoms with E-state index in [0.717, 1.165) is 37.5 Å². The zero-order chi connectivity index (χ0) is 24.3. The van der Waals surface area contributed by atoms with Crippen LogP contribution in [0, 0.1) is 5.92 Å². The SMILES string of the molecule is CN(C(=O)Nc1ccc(C(C)(C)C)cc1)C1C2Cc3ccc(O)cc3C1(C)CCN2CC1CC1. The smallest absolute Gasteiger partial charge is 0.321 e. The molecule has 1 aliphatic heterocycles. The summed E-state index contributed by atoms with van der Waals surface area (Å²) >= 11 is 0. The van der Waals surface area contributed by atoms with E-state index in [1.165, 1.54) is 29.5 Å². The number of phenols is 1. The summed E-state index contributed by atoms with van der Waals surface area (Å²) in [4.78, 5) is 18.1. The molecule has 3 aliphatic rings. The third-order valence-electron chi connectivity index (χ3n) is 8.47. The van der Waals surface area contributed by atoms with Crippen LogP contribution < -0.4 is 5.32 Å². The lowest BCUT2D eigenvalue weighted by Crippen LogP contribution is -2.68. The number of anilines is 1. The van der Waals surface area contributed by atoms with Gasteiger partial charge in [0.05, 0.1) is 6.04 Å². The van der Waals surface area contributed by atoms with Crippen LogP contribution in [0.1, 0.15) is 63.6 Å². The van der Waals surface area contributed by atoms with Crippen LogP contribution in [0.4, 0.5) is 10.5 Å². The van der Waals surface area contributed by atoms with Crippen LogP contribution in [0.15, 0.2) is 42.5 Å². The maximum Gasteiger partial charge on any atom is 0.321 e. The first-order chi connectivity index (χ1) is 16.1. The number of nitrogens with one attached hydrogen (secondary N) is 1. The third-order valence-corrected chi connectivity index (χ3v) is 8.47. The molecule has 2 aromatic rings. The van der Waals surface area contributed by atoms with Crippen LogP contribution in [-0.4, -0.2) is 53.2 Å². The number of amides is 2. The van der Waals surface area contributed by atoms with E-state index in [4.69, 9.17) is 0 Å². The second-order valence-corrected chi connectivity index (χ2v) is 12.0. The molecular weight excluding hydrogens is 422 g/mol. The fourth-order valence-electron chi connectivity index (χ4n) is 6.28. The van der Waals surface area contributed by atoms with Crippen molar-refractivity contribution in [3.8, 4) is 5.75 Å². The Kier molecular flexibility index (Phi) is 5.67. The number of urea groups is 1. The van der Waals surface area contributed by atoms with Gasteiger partial charge in [-0.25, -0.2) is 4.79 Å². The first-order valence-electron chi connectivity index (χ1n) is 12.8. The van der Waals surface area contributed by atoms with Gasteiger partial charge in [0.15, 0.2) is 0 Å². The molecule has 5 rings (SSSR count). The van der Waals surface area contributed by atoms with Crippen molar-refractivity contribution in [3.63, 3.8) is 0 Å². The predicted octanol–water partition coefficient (Wildman–Crippen LogP) is 5.52. The summed E-state index contributed by atoms with van der Waals surface area (Å²) in [6.45, 7) is 11.1. The van der Waals surface area contributed by atoms with E-state index in [2.05, 4.69) is 56.1 Å². The number of carbonyl (C=O) groups is 1. The maximum absolute atomic E-state index is 13.5. The van der Waals surface area contributed by atoms with Gasteiger partial charge < -0.3 is 15.3 Å². The van der Waals surface area contributed by atoms with Gasteiger partial charge in [-0.3, -0.25) is 4.90 Å². The van der Waals surface area contributed by atoms with E-state index < -0.39 is 0 Å². The molecular formula is C29H39N3O2. The average molecular weight is 462 g/mol. The van der Waals surface area contributed by atoms with Gasteiger partial charge in [-0.1, -0.05) is 45.9 Å². The number of likely N-dealkylation sites (tertiary alicyclic amines) is 1. The minimum absolute atomic E-state index is 0.0446. The fourth-order valence-corrected chi connectivity index (χ4v) is 6.28. The van der Waals surface area contributed by atoms with Gasteiger partial charge in [0.25, 0.3) is 0 Å². The molecule has 0 spiro atoms. The molecule has 2 amide bonds. The topological polar surface area (TPSA) is 55.8 Å². The Bertz CT molecular complexity index is 1070. The van der Waals surface area contributed by atoms with E-state index in [0.29, 0.717) is 5.75 Å². The van der Waals surface area contributed by atoms with Gasteiger partial charge in [-0.15, -0.1) is 0 Å². The van der Waals surface area contributed by atoms with Crippen molar-refractivity contribution < 1.29 is 9.90 Å². The Balaban J connectivity index is 1.43. The van der Waals surface area contributed by atoms with Crippen LogP contribution in [0.3, 0.4) is 0 Å². The number of aromatic hydroxyl groups is 1. The first-order valence-corrected chi connectivity index (χ1v) is 12.8. The molecule has 3 atom stereocenters. The first kappa shape index (κ1) is 23.2. The maximum atomic E-state index is 13.5. The summed E-state index contributed by atoms with van der Waals surface area (Å²) in [5.41, 5.74) is 4.48. The van der Waals surface area contributed by atoms with Crippen LogP contribution in [0.2, 0.25) is 0 Å². The fraction of sp³-hybridized carbons (Fsp3) is 0.552. The number of likely N-dealkylation sites (N-methyl/N-ethyl adjacent to an activating group) is 1. The van der Waals surface area contributed by atoms with Crippen molar-refractivity contribution in [1.29, 1.82) is 0 Å². The molecule has 1 saturated heterocycles. The Labute approximate surface area is 204 Å². The van der Waals surface area contributed by atoms with Crippen LogP contribution in [0.25, 0.3) is 0 Å². The number of nitrogens with zero attached hydrogens (tertiary/aromatic N) is 2. The molecule has 182 valence electrons. The highest BCUT2D eigenvalue weighted by Crippen LogP contribution is 2.48. The van der Waals surface area contributed by atoms with E-state index in [9.17, 15) is 9.90 Å². The normalized spacial score (nSPS) is 26.6. The van der Waals surface area contributed by atoms with Crippen LogP contribution in [-0.2, 0) is 17.3 Å². The number of carbonyl (C=O) groups excluding carboxylic acids is 1. The summed E-state index contributed by atoms with van der Waals surface area (Å²) in [6, 6.07) is 14.3. The molecule has 2 fully saturated rings. The second kappa shape index (κ2) is 8.30. The number of hydrogen-bond acceptors (Lipinski definition) is 3. The molecule has 1 heterocycles. The molecule has 3 unspecified atom stereocenters. The van der Waals surface area contributed by atoms with Crippen molar-refractivity contribution in [1.82, 2.24) is 9.80 Å². The third kappa shape index (κ3) is 4.19. The minimum atomic E-state index is -0.195. The lowest BCUT2D eigenvalue weighted by atomic mass is 9.61. The highest BCUT2D eigenvalue weighted by atomic mass is 16.3. The predicted molar refractivity (Wildman–Crippen MR) is 138 cm³/mol. The molecule has 1 saturated carbocycles. The Morgan fingerprint density at radius 1 is 1.18 bits per heavy atom. The molecule has 2 N–H and O–H groups in total. The summed E-state index contributed by atoms with van der Waals surface area (Å²) < 4.78 is 0. The van der Waals surface area contributed by atoms with Crippen molar-refractivity contribution in [2.45, 2.75) is 76.3 Å². The second-order valence-electron chi connectivity index (χ2n) is 12.0. The van der Waals surface area contributed by atoms with Gasteiger partial charge >= 0.3 is 6.03 Å². The Morgan fingerprint density at radius 3 is 2.53 bits per heavy atom. The van der Waals surface area contributed by atoms with E-state index >= 15 is 0 Å². The monoisotopic (exact) mass is 461 g/mol. The standard InChI is InChI=1S/C29H39N3O2/c1-28(2,3)21-9-11-22(12-10-21)30-27(34)31(5)26-25-16-20-8-13-23(33)17-24(20)29(26,4)14-15-32(25)18-19-6-7-19/h8-13,17,19,25-26,33H,6-7,14-16,18H2,1-5H3,(H,30,34). The zero-order valence-electron chi connectivity index (χ0n) is 21.3. The zero-order valence-corrected chi connectivity index (χ0v) is 21.3. The summed E-state index contributed by atoms with van der Waals surface area (Å²) in [5, 5.41) is 13.4. The largest absolute Gasteiger partial charge is 0.508 e. The number of phenolic OH excluding ortho intramolecular Hbond substituents is 1. The van der Waals surface area contributed by atoms with Gasteiger partial charge in [0.1, 0.15) is 5.75 Å². The molecule has 5 nitrogen and oxygen atoms in total. The van der Waals surface area contributed by atoms with Crippen molar-refractivity contribution in [2.24, 2.45) is 5.92 Å². The van der Waals surface area contributed by atoms with Gasteiger partial charge in [-0.05, 0) is 84.5 Å². The van der Waals surface area contributed by atoms with E-state index in [1.807, 2.05) is 30.1 Å². The molecule has 0 aromatic heterocycles. The summed E-state index contributed by atoms with van der Waals surface area (Å²) in [5.74, 6) is 1.12. The quantitative estimate of drug-likeness (QED) is 0.630. The lowest BCUT2D eigenvalue weighted by molar-refractivity contribution is 0.00456. The van der Waals surface area contributed by atoms with E-state index in [1.54, 1.807) is 6.07 Å². The summed E-state index contributed by atoms with van der Waals surface area (Å²) in [6.07, 6.45) is 4.56. The Hall–Kier alpha value is -2.53. The lowest BCUT2D eigenvalue weighted by Gasteiger charge is -2.58. The Morgan fingerprint density at radius 2 is 1.88 bits per heavy atom. The molecule has 2 bridgehead atoms. The van der Waals surface area contributed by atoms with Crippen LogP contribution >= 0.6 is 0 Å². The molecule has 34 heavy (non-hydrogen) atoms. The van der Waals surface area contributed by atoms with Crippen molar-refractivity contribution >= 4 is 11.7 Å². The highest BCUT2D eigenvalue weighted by molar-refractivity contribution is 5.89.